The fourth-order valence-electron chi connectivity index (χ4n) is 4.29. The number of likely N-dealkylation sites (N-methyl/N-ethyl adjacent to an activating group) is 1. The predicted octanol–water partition coefficient (Wildman–Crippen LogP) is 5.01. The Morgan fingerprint density at radius 2 is 2.03 bits per heavy atom. The Labute approximate surface area is 181 Å². The van der Waals surface area contributed by atoms with Gasteiger partial charge in [-0.3, -0.25) is 9.58 Å². The van der Waals surface area contributed by atoms with Crippen LogP contribution in [0.15, 0.2) is 55.4 Å². The van der Waals surface area contributed by atoms with E-state index in [-0.39, 0.29) is 5.92 Å². The van der Waals surface area contributed by atoms with Crippen molar-refractivity contribution in [2.45, 2.75) is 38.5 Å². The molecule has 1 fully saturated rings. The first-order chi connectivity index (χ1) is 14.4. The van der Waals surface area contributed by atoms with Gasteiger partial charge in [0.2, 0.25) is 0 Å². The van der Waals surface area contributed by atoms with Gasteiger partial charge in [-0.05, 0) is 62.9 Å². The molecule has 5 nitrogen and oxygen atoms in total. The summed E-state index contributed by atoms with van der Waals surface area (Å²) in [5.74, 6) is 1.00. The molecule has 1 saturated heterocycles. The number of hydrogen-bond donors (Lipinski definition) is 2. The van der Waals surface area contributed by atoms with Gasteiger partial charge in [-0.2, -0.15) is 5.10 Å². The second-order valence-corrected chi connectivity index (χ2v) is 8.62. The summed E-state index contributed by atoms with van der Waals surface area (Å²) >= 11 is 0. The van der Waals surface area contributed by atoms with Crippen molar-refractivity contribution in [2.24, 2.45) is 13.0 Å². The maximum Gasteiger partial charge on any atom is 0.0792 e. The molecule has 0 radical (unpaired) electrons. The molecule has 1 aliphatic rings. The van der Waals surface area contributed by atoms with Gasteiger partial charge in [0, 0.05) is 49.0 Å². The number of anilines is 1. The van der Waals surface area contributed by atoms with Crippen molar-refractivity contribution in [3.63, 3.8) is 0 Å². The minimum Gasteiger partial charge on any atom is -0.391 e. The number of aryl methyl sites for hydroxylation is 1. The van der Waals surface area contributed by atoms with Crippen LogP contribution < -0.4 is 10.6 Å². The van der Waals surface area contributed by atoms with E-state index in [1.54, 1.807) is 0 Å². The lowest BCUT2D eigenvalue weighted by Crippen LogP contribution is -2.35. The minimum atomic E-state index is 0.159. The van der Waals surface area contributed by atoms with Gasteiger partial charge in [0.15, 0.2) is 0 Å². The van der Waals surface area contributed by atoms with E-state index in [4.69, 9.17) is 5.10 Å². The van der Waals surface area contributed by atoms with E-state index in [2.05, 4.69) is 60.4 Å². The number of nitrogens with one attached hydrogen (secondary N) is 2. The van der Waals surface area contributed by atoms with Crippen molar-refractivity contribution in [3.8, 4) is 0 Å². The van der Waals surface area contributed by atoms with E-state index in [1.165, 1.54) is 18.2 Å². The second-order valence-electron chi connectivity index (χ2n) is 8.62. The van der Waals surface area contributed by atoms with Crippen LogP contribution >= 0.6 is 0 Å². The molecule has 30 heavy (non-hydrogen) atoms. The maximum absolute atomic E-state index is 4.86. The van der Waals surface area contributed by atoms with Gasteiger partial charge < -0.3 is 10.6 Å². The van der Waals surface area contributed by atoms with E-state index in [0.717, 1.165) is 66.7 Å². The van der Waals surface area contributed by atoms with Crippen molar-refractivity contribution in [3.05, 3.63) is 61.1 Å². The summed E-state index contributed by atoms with van der Waals surface area (Å²) in [6.07, 6.45) is 6.39. The van der Waals surface area contributed by atoms with E-state index < -0.39 is 0 Å². The maximum atomic E-state index is 4.86. The summed E-state index contributed by atoms with van der Waals surface area (Å²) in [6.45, 7) is 17.9. The molecule has 1 aromatic heterocycles. The number of allylic oxidation sites excluding steroid dienone is 2. The van der Waals surface area contributed by atoms with E-state index >= 15 is 0 Å². The Balaban J connectivity index is 1.76. The van der Waals surface area contributed by atoms with Crippen molar-refractivity contribution in [1.82, 2.24) is 20.0 Å². The van der Waals surface area contributed by atoms with Gasteiger partial charge in [-0.1, -0.05) is 26.2 Å². The molecule has 2 N–H and O–H groups in total. The summed E-state index contributed by atoms with van der Waals surface area (Å²) in [6, 6.07) is 6.46. The summed E-state index contributed by atoms with van der Waals surface area (Å²) in [7, 11) is 3.93. The lowest BCUT2D eigenvalue weighted by Gasteiger charge is -2.30. The molecule has 5 heteroatoms. The van der Waals surface area contributed by atoms with Crippen molar-refractivity contribution < 1.29 is 0 Å². The predicted molar refractivity (Wildman–Crippen MR) is 129 cm³/mol. The van der Waals surface area contributed by atoms with Gasteiger partial charge in [0.25, 0.3) is 0 Å². The normalized spacial score (nSPS) is 16.4. The highest BCUT2D eigenvalue weighted by Gasteiger charge is 2.21. The molecule has 1 unspecified atom stereocenters. The molecule has 2 heterocycles. The summed E-state index contributed by atoms with van der Waals surface area (Å²) in [5.41, 5.74) is 5.27. The zero-order valence-corrected chi connectivity index (χ0v) is 18.9. The first kappa shape index (κ1) is 22.2. The van der Waals surface area contributed by atoms with Gasteiger partial charge >= 0.3 is 0 Å². The number of nitrogens with zero attached hydrogens (tertiary/aromatic N) is 3. The largest absolute Gasteiger partial charge is 0.391 e. The molecule has 0 aliphatic carbocycles. The third kappa shape index (κ3) is 5.14. The van der Waals surface area contributed by atoms with E-state index in [1.807, 2.05) is 24.9 Å². The summed E-state index contributed by atoms with van der Waals surface area (Å²) in [4.78, 5) is 2.49. The number of benzene rings is 1. The number of aromatic nitrogens is 2. The van der Waals surface area contributed by atoms with Crippen LogP contribution in [0.4, 0.5) is 5.69 Å². The Bertz CT molecular complexity index is 902. The number of hydrogen-bond acceptors (Lipinski definition) is 4. The SMILES string of the molecule is C=CCCC(C(=C)NC)c1nn(C)c2cc(NC(=C)CN3CCC(C)CC3)ccc12. The van der Waals surface area contributed by atoms with Gasteiger partial charge in [0.05, 0.1) is 11.2 Å². The van der Waals surface area contributed by atoms with Crippen LogP contribution in [0.1, 0.15) is 44.2 Å². The average Bonchev–Trinajstić information content (AvgIpc) is 3.05. The smallest absolute Gasteiger partial charge is 0.0792 e. The van der Waals surface area contributed by atoms with Crippen LogP contribution in [0.25, 0.3) is 10.9 Å². The lowest BCUT2D eigenvalue weighted by atomic mass is 9.94. The molecule has 0 saturated carbocycles. The van der Waals surface area contributed by atoms with Gasteiger partial charge in [0.1, 0.15) is 0 Å². The molecule has 0 spiro atoms. The van der Waals surface area contributed by atoms with Crippen LogP contribution in [-0.2, 0) is 7.05 Å². The third-order valence-corrected chi connectivity index (χ3v) is 6.22. The molecule has 1 aromatic carbocycles. The Hall–Kier alpha value is -2.53. The lowest BCUT2D eigenvalue weighted by molar-refractivity contribution is 0.207. The zero-order valence-electron chi connectivity index (χ0n) is 18.9. The van der Waals surface area contributed by atoms with Gasteiger partial charge in [-0.25, -0.2) is 0 Å². The van der Waals surface area contributed by atoms with Crippen LogP contribution in [0.3, 0.4) is 0 Å². The van der Waals surface area contributed by atoms with Crippen molar-refractivity contribution in [1.29, 1.82) is 0 Å². The van der Waals surface area contributed by atoms with E-state index in [0.29, 0.717) is 0 Å². The highest BCUT2D eigenvalue weighted by molar-refractivity contribution is 5.86. The second kappa shape index (κ2) is 9.98. The molecule has 1 aliphatic heterocycles. The highest BCUT2D eigenvalue weighted by Crippen LogP contribution is 2.33. The zero-order chi connectivity index (χ0) is 21.7. The molecule has 1 atom stereocenters. The quantitative estimate of drug-likeness (QED) is 0.543. The molecule has 3 rings (SSSR count). The van der Waals surface area contributed by atoms with Crippen molar-refractivity contribution >= 4 is 16.6 Å². The summed E-state index contributed by atoms with van der Waals surface area (Å²) in [5, 5.41) is 12.8. The Kier molecular flexibility index (Phi) is 7.38. The van der Waals surface area contributed by atoms with Gasteiger partial charge in [-0.15, -0.1) is 6.58 Å². The highest BCUT2D eigenvalue weighted by atomic mass is 15.3. The first-order valence-electron chi connectivity index (χ1n) is 11.0. The molecule has 0 bridgehead atoms. The standard InChI is InChI=1S/C25H37N5/c1-7-8-9-22(20(4)26-5)25-23-11-10-21(16-24(23)29(6)28-25)27-19(3)17-30-14-12-18(2)13-15-30/h7,10-11,16,18,22,26-27H,1,3-4,8-9,12-15,17H2,2,5-6H3. The summed E-state index contributed by atoms with van der Waals surface area (Å²) < 4.78 is 1.97. The van der Waals surface area contributed by atoms with E-state index in [9.17, 15) is 0 Å². The van der Waals surface area contributed by atoms with Crippen LogP contribution in [0, 0.1) is 5.92 Å². The Morgan fingerprint density at radius 1 is 1.30 bits per heavy atom. The number of rotatable bonds is 10. The Morgan fingerprint density at radius 3 is 2.70 bits per heavy atom. The minimum absolute atomic E-state index is 0.159. The third-order valence-electron chi connectivity index (χ3n) is 6.22. The van der Waals surface area contributed by atoms with Crippen LogP contribution in [0.5, 0.6) is 0 Å². The van der Waals surface area contributed by atoms with Crippen molar-refractivity contribution in [2.75, 3.05) is 32.0 Å². The molecule has 0 amide bonds. The number of likely N-dealkylation sites (tertiary alicyclic amines) is 1. The topological polar surface area (TPSA) is 45.1 Å². The molecular weight excluding hydrogens is 370 g/mol. The van der Waals surface area contributed by atoms with Crippen LogP contribution in [0.2, 0.25) is 0 Å². The average molecular weight is 408 g/mol. The number of piperidine rings is 1. The molecule has 162 valence electrons. The van der Waals surface area contributed by atoms with Crippen LogP contribution in [-0.4, -0.2) is 41.4 Å². The fraction of sp³-hybridized carbons (Fsp3) is 0.480. The monoisotopic (exact) mass is 407 g/mol. The first-order valence-corrected chi connectivity index (χ1v) is 11.0. The molecule has 2 aromatic rings. The molecular formula is C25H37N5. The fourth-order valence-corrected chi connectivity index (χ4v) is 4.29. The number of fused-ring (bicyclic) bond motifs is 1.